The molecule has 0 aliphatic heterocycles. The predicted octanol–water partition coefficient (Wildman–Crippen LogP) is -0.723. The first-order valence-corrected chi connectivity index (χ1v) is 2.82. The predicted molar refractivity (Wildman–Crippen MR) is 33.9 cm³/mol. The third-order valence-electron chi connectivity index (χ3n) is 0.971. The zero-order chi connectivity index (χ0) is 7.28. The van der Waals surface area contributed by atoms with E-state index in [1.807, 2.05) is 0 Å². The second kappa shape index (κ2) is 4.49. The van der Waals surface area contributed by atoms with Gasteiger partial charge in [-0.2, -0.15) is 0 Å². The lowest BCUT2D eigenvalue weighted by Gasteiger charge is -2.09. The van der Waals surface area contributed by atoms with Crippen LogP contribution in [-0.2, 0) is 0 Å². The number of allylic oxidation sites excluding steroid dienone is 1. The molecule has 9 heavy (non-hydrogen) atoms. The van der Waals surface area contributed by atoms with Gasteiger partial charge in [-0.25, -0.2) is 0 Å². The minimum absolute atomic E-state index is 0.411. The summed E-state index contributed by atoms with van der Waals surface area (Å²) >= 11 is 0. The van der Waals surface area contributed by atoms with Gasteiger partial charge in [0, 0.05) is 0 Å². The van der Waals surface area contributed by atoms with Crippen molar-refractivity contribution in [1.29, 1.82) is 0 Å². The van der Waals surface area contributed by atoms with Crippen molar-refractivity contribution in [3.8, 4) is 0 Å². The first kappa shape index (κ1) is 8.62. The average molecular weight is 132 g/mol. The summed E-state index contributed by atoms with van der Waals surface area (Å²) in [5.74, 6) is 0. The van der Waals surface area contributed by atoms with E-state index in [2.05, 4.69) is 0 Å². The molecule has 3 heteroatoms. The summed E-state index contributed by atoms with van der Waals surface area (Å²) in [7, 11) is 0. The molecule has 0 heterocycles. The fourth-order valence-electron chi connectivity index (χ4n) is 0.433. The Morgan fingerprint density at radius 2 is 2.00 bits per heavy atom. The highest BCUT2D eigenvalue weighted by Gasteiger charge is 2.09. The number of rotatable bonds is 3. The summed E-state index contributed by atoms with van der Waals surface area (Å²) in [6.07, 6.45) is 1.03. The van der Waals surface area contributed by atoms with E-state index in [1.165, 1.54) is 6.08 Å². The van der Waals surface area contributed by atoms with Crippen LogP contribution in [-0.4, -0.2) is 34.1 Å². The van der Waals surface area contributed by atoms with Crippen molar-refractivity contribution in [2.45, 2.75) is 19.1 Å². The molecule has 0 aliphatic carbocycles. The van der Waals surface area contributed by atoms with E-state index >= 15 is 0 Å². The topological polar surface area (TPSA) is 60.7 Å². The molecular weight excluding hydrogens is 120 g/mol. The molecule has 0 unspecified atom stereocenters. The monoisotopic (exact) mass is 132 g/mol. The SMILES string of the molecule is C/C=C/[C@@H](O)[C@@H](O)CO. The first-order valence-electron chi connectivity index (χ1n) is 2.82. The van der Waals surface area contributed by atoms with E-state index in [4.69, 9.17) is 15.3 Å². The Labute approximate surface area is 54.3 Å². The lowest BCUT2D eigenvalue weighted by atomic mass is 10.2. The molecule has 0 aliphatic rings. The van der Waals surface area contributed by atoms with Gasteiger partial charge in [-0.15, -0.1) is 0 Å². The number of hydrogen-bond acceptors (Lipinski definition) is 3. The zero-order valence-electron chi connectivity index (χ0n) is 5.36. The summed E-state index contributed by atoms with van der Waals surface area (Å²) in [6.45, 7) is 1.32. The Kier molecular flexibility index (Phi) is 4.30. The van der Waals surface area contributed by atoms with Crippen molar-refractivity contribution in [3.63, 3.8) is 0 Å². The van der Waals surface area contributed by atoms with Crippen molar-refractivity contribution in [2.24, 2.45) is 0 Å². The van der Waals surface area contributed by atoms with E-state index in [9.17, 15) is 0 Å². The van der Waals surface area contributed by atoms with Gasteiger partial charge >= 0.3 is 0 Å². The summed E-state index contributed by atoms with van der Waals surface area (Å²) < 4.78 is 0. The van der Waals surface area contributed by atoms with Gasteiger partial charge in [0.25, 0.3) is 0 Å². The van der Waals surface area contributed by atoms with E-state index in [0.717, 1.165) is 0 Å². The van der Waals surface area contributed by atoms with Gasteiger partial charge in [0.1, 0.15) is 12.2 Å². The van der Waals surface area contributed by atoms with Gasteiger partial charge in [-0.05, 0) is 6.92 Å². The second-order valence-corrected chi connectivity index (χ2v) is 1.77. The van der Waals surface area contributed by atoms with Crippen molar-refractivity contribution >= 4 is 0 Å². The zero-order valence-corrected chi connectivity index (χ0v) is 5.36. The number of aliphatic hydroxyl groups excluding tert-OH is 3. The van der Waals surface area contributed by atoms with Gasteiger partial charge in [0.2, 0.25) is 0 Å². The van der Waals surface area contributed by atoms with E-state index in [1.54, 1.807) is 13.0 Å². The lowest BCUT2D eigenvalue weighted by Crippen LogP contribution is -2.27. The highest BCUT2D eigenvalue weighted by molar-refractivity contribution is 4.89. The van der Waals surface area contributed by atoms with Crippen LogP contribution in [0.5, 0.6) is 0 Å². The molecule has 0 amide bonds. The fourth-order valence-corrected chi connectivity index (χ4v) is 0.433. The Balaban J connectivity index is 3.58. The summed E-state index contributed by atoms with van der Waals surface area (Å²) in [4.78, 5) is 0. The molecule has 0 bridgehead atoms. The Morgan fingerprint density at radius 3 is 2.33 bits per heavy atom. The van der Waals surface area contributed by atoms with Crippen molar-refractivity contribution in [1.82, 2.24) is 0 Å². The maximum atomic E-state index is 8.82. The summed E-state index contributed by atoms with van der Waals surface area (Å²) in [5.41, 5.74) is 0. The molecule has 2 atom stereocenters. The molecule has 0 radical (unpaired) electrons. The largest absolute Gasteiger partial charge is 0.394 e. The van der Waals surface area contributed by atoms with Crippen LogP contribution >= 0.6 is 0 Å². The van der Waals surface area contributed by atoms with Crippen molar-refractivity contribution in [2.75, 3.05) is 6.61 Å². The second-order valence-electron chi connectivity index (χ2n) is 1.77. The molecule has 0 spiro atoms. The molecule has 54 valence electrons. The van der Waals surface area contributed by atoms with E-state index in [-0.39, 0.29) is 0 Å². The van der Waals surface area contributed by atoms with Crippen molar-refractivity contribution < 1.29 is 15.3 Å². The maximum Gasteiger partial charge on any atom is 0.106 e. The van der Waals surface area contributed by atoms with Crippen LogP contribution in [0.2, 0.25) is 0 Å². The minimum Gasteiger partial charge on any atom is -0.394 e. The molecule has 0 rings (SSSR count). The standard InChI is InChI=1S/C6H12O3/c1-2-3-5(8)6(9)4-7/h2-3,5-9H,4H2,1H3/b3-2+/t5-,6+/m1/s1. The van der Waals surface area contributed by atoms with Crippen LogP contribution in [0.3, 0.4) is 0 Å². The van der Waals surface area contributed by atoms with Crippen LogP contribution in [0.4, 0.5) is 0 Å². The quantitative estimate of drug-likeness (QED) is 0.444. The molecule has 0 saturated heterocycles. The van der Waals surface area contributed by atoms with Gasteiger partial charge in [0.15, 0.2) is 0 Å². The first-order chi connectivity index (χ1) is 4.22. The van der Waals surface area contributed by atoms with E-state index in [0.29, 0.717) is 0 Å². The van der Waals surface area contributed by atoms with Gasteiger partial charge in [0.05, 0.1) is 6.61 Å². The van der Waals surface area contributed by atoms with Crippen LogP contribution in [0.1, 0.15) is 6.92 Å². The maximum absolute atomic E-state index is 8.82. The van der Waals surface area contributed by atoms with Gasteiger partial charge in [-0.3, -0.25) is 0 Å². The molecule has 0 aromatic rings. The Morgan fingerprint density at radius 1 is 1.44 bits per heavy atom. The molecule has 0 saturated carbocycles. The molecule has 3 N–H and O–H groups in total. The van der Waals surface area contributed by atoms with Crippen LogP contribution in [0, 0.1) is 0 Å². The minimum atomic E-state index is -1.05. The fraction of sp³-hybridized carbons (Fsp3) is 0.667. The molecule has 0 aromatic carbocycles. The van der Waals surface area contributed by atoms with Gasteiger partial charge in [-0.1, -0.05) is 12.2 Å². The number of aliphatic hydroxyl groups is 3. The molecule has 3 nitrogen and oxygen atoms in total. The third-order valence-corrected chi connectivity index (χ3v) is 0.971. The normalized spacial score (nSPS) is 18.2. The van der Waals surface area contributed by atoms with Crippen molar-refractivity contribution in [3.05, 3.63) is 12.2 Å². The Bertz CT molecular complexity index is 90.3. The van der Waals surface area contributed by atoms with Crippen LogP contribution in [0.25, 0.3) is 0 Å². The van der Waals surface area contributed by atoms with Gasteiger partial charge < -0.3 is 15.3 Å². The average Bonchev–Trinajstić information content (AvgIpc) is 1.87. The Hall–Kier alpha value is -0.380. The van der Waals surface area contributed by atoms with E-state index < -0.39 is 18.8 Å². The highest BCUT2D eigenvalue weighted by atomic mass is 16.4. The third kappa shape index (κ3) is 3.24. The molecular formula is C6H12O3. The number of hydrogen-bond donors (Lipinski definition) is 3. The molecule has 0 aromatic heterocycles. The summed E-state index contributed by atoms with van der Waals surface area (Å²) in [5, 5.41) is 25.8. The van der Waals surface area contributed by atoms with Crippen LogP contribution in [0.15, 0.2) is 12.2 Å². The molecule has 0 fully saturated rings. The summed E-state index contributed by atoms with van der Waals surface area (Å²) in [6, 6.07) is 0. The smallest absolute Gasteiger partial charge is 0.106 e. The lowest BCUT2D eigenvalue weighted by molar-refractivity contribution is 0.00943. The van der Waals surface area contributed by atoms with Crippen LogP contribution < -0.4 is 0 Å². The highest BCUT2D eigenvalue weighted by Crippen LogP contribution is 1.92.